The van der Waals surface area contributed by atoms with Crippen LogP contribution in [0, 0.1) is 5.41 Å². The van der Waals surface area contributed by atoms with E-state index in [0.717, 1.165) is 47.5 Å². The maximum absolute atomic E-state index is 11.3. The second-order valence-corrected chi connectivity index (χ2v) is 7.22. The number of hydrogen-bond donors (Lipinski definition) is 1. The van der Waals surface area contributed by atoms with E-state index in [1.165, 1.54) is 7.11 Å². The monoisotopic (exact) mass is 315 g/mol. The minimum atomic E-state index is -0.0925. The molecule has 20 heavy (non-hydrogen) atoms. The average Bonchev–Trinajstić information content (AvgIpc) is 3.05. The highest BCUT2D eigenvalue weighted by Gasteiger charge is 2.44. The summed E-state index contributed by atoms with van der Waals surface area (Å²) >= 11 is 3.45. The highest BCUT2D eigenvalue weighted by molar-refractivity contribution is 7.98. The molecule has 1 N–H and O–H groups in total. The molecule has 1 aliphatic rings. The van der Waals surface area contributed by atoms with Gasteiger partial charge in [-0.05, 0) is 30.4 Å². The highest BCUT2D eigenvalue weighted by Crippen LogP contribution is 2.51. The Balaban J connectivity index is 1.70. The Labute approximate surface area is 127 Å². The van der Waals surface area contributed by atoms with E-state index < -0.39 is 0 Å². The van der Waals surface area contributed by atoms with Crippen LogP contribution >= 0.6 is 23.1 Å². The molecule has 1 fully saturated rings. The molecule has 7 heteroatoms. The van der Waals surface area contributed by atoms with Crippen molar-refractivity contribution < 1.29 is 9.53 Å². The number of thioether (sulfide) groups is 1. The van der Waals surface area contributed by atoms with Crippen molar-refractivity contribution >= 4 is 34.2 Å². The zero-order valence-electron chi connectivity index (χ0n) is 12.0. The summed E-state index contributed by atoms with van der Waals surface area (Å²) in [4.78, 5) is 11.3. The number of nitrogens with one attached hydrogen (secondary N) is 1. The molecule has 0 saturated heterocycles. The van der Waals surface area contributed by atoms with Crippen LogP contribution in [0.25, 0.3) is 0 Å². The van der Waals surface area contributed by atoms with Crippen molar-refractivity contribution in [1.82, 2.24) is 10.2 Å². The van der Waals surface area contributed by atoms with E-state index in [0.29, 0.717) is 6.42 Å². The van der Waals surface area contributed by atoms with Crippen molar-refractivity contribution in [2.75, 3.05) is 24.7 Å². The van der Waals surface area contributed by atoms with Gasteiger partial charge in [-0.1, -0.05) is 18.3 Å². The summed E-state index contributed by atoms with van der Waals surface area (Å²) in [5, 5.41) is 13.5. The molecule has 1 heterocycles. The predicted octanol–water partition coefficient (Wildman–Crippen LogP) is 2.94. The van der Waals surface area contributed by atoms with Crippen molar-refractivity contribution in [3.8, 4) is 0 Å². The molecule has 0 atom stereocenters. The molecular formula is C13H21N3O2S2. The third kappa shape index (κ3) is 4.63. The van der Waals surface area contributed by atoms with E-state index in [9.17, 15) is 4.79 Å². The summed E-state index contributed by atoms with van der Waals surface area (Å²) in [6.45, 7) is 3.06. The number of carbonyl (C=O) groups excluding carboxylic acids is 1. The quantitative estimate of drug-likeness (QED) is 0.707. The zero-order chi connectivity index (χ0) is 14.4. The van der Waals surface area contributed by atoms with Crippen LogP contribution in [0.5, 0.6) is 0 Å². The average molecular weight is 315 g/mol. The third-order valence-corrected chi connectivity index (χ3v) is 5.69. The lowest BCUT2D eigenvalue weighted by Gasteiger charge is -2.12. The Bertz CT molecular complexity index is 447. The van der Waals surface area contributed by atoms with Crippen molar-refractivity contribution in [2.45, 2.75) is 38.4 Å². The molecule has 0 bridgehead atoms. The van der Waals surface area contributed by atoms with E-state index >= 15 is 0 Å². The minimum absolute atomic E-state index is 0.0925. The number of esters is 1. The molecule has 5 nitrogen and oxygen atoms in total. The summed E-state index contributed by atoms with van der Waals surface area (Å²) in [7, 11) is 1.46. The van der Waals surface area contributed by atoms with E-state index in [1.54, 1.807) is 11.3 Å². The lowest BCUT2D eigenvalue weighted by Crippen LogP contribution is -2.13. The number of carbonyl (C=O) groups is 1. The largest absolute Gasteiger partial charge is 0.469 e. The predicted molar refractivity (Wildman–Crippen MR) is 83.2 cm³/mol. The number of nitrogens with zero attached hydrogens (tertiary/aromatic N) is 2. The van der Waals surface area contributed by atoms with E-state index in [-0.39, 0.29) is 11.4 Å². The molecule has 0 unspecified atom stereocenters. The molecule has 0 spiro atoms. The molecule has 1 saturated carbocycles. The van der Waals surface area contributed by atoms with Crippen LogP contribution in [0.3, 0.4) is 0 Å². The SMILES string of the molecule is CCCNc1nnc(CSCC2(CC(=O)OC)CC2)s1. The van der Waals surface area contributed by atoms with Gasteiger partial charge in [-0.15, -0.1) is 10.2 Å². The Hall–Kier alpha value is -0.820. The first-order chi connectivity index (χ1) is 9.67. The fourth-order valence-electron chi connectivity index (χ4n) is 1.90. The van der Waals surface area contributed by atoms with E-state index in [2.05, 4.69) is 22.4 Å². The summed E-state index contributed by atoms with van der Waals surface area (Å²) in [6, 6.07) is 0. The highest BCUT2D eigenvalue weighted by atomic mass is 32.2. The number of hydrogen-bond acceptors (Lipinski definition) is 7. The smallest absolute Gasteiger partial charge is 0.306 e. The molecular weight excluding hydrogens is 294 g/mol. The van der Waals surface area contributed by atoms with Gasteiger partial charge >= 0.3 is 5.97 Å². The van der Waals surface area contributed by atoms with Gasteiger partial charge in [0, 0.05) is 12.3 Å². The Morgan fingerprint density at radius 2 is 2.30 bits per heavy atom. The van der Waals surface area contributed by atoms with Crippen LogP contribution < -0.4 is 5.32 Å². The normalized spacial score (nSPS) is 15.9. The first-order valence-electron chi connectivity index (χ1n) is 6.88. The van der Waals surface area contributed by atoms with Gasteiger partial charge in [0.25, 0.3) is 0 Å². The van der Waals surface area contributed by atoms with Gasteiger partial charge in [-0.3, -0.25) is 4.79 Å². The molecule has 0 amide bonds. The van der Waals surface area contributed by atoms with Crippen LogP contribution in [0.4, 0.5) is 5.13 Å². The first kappa shape index (κ1) is 15.6. The fraction of sp³-hybridized carbons (Fsp3) is 0.769. The maximum Gasteiger partial charge on any atom is 0.306 e. The van der Waals surface area contributed by atoms with Gasteiger partial charge in [0.1, 0.15) is 5.01 Å². The summed E-state index contributed by atoms with van der Waals surface area (Å²) in [6.07, 6.45) is 3.90. The van der Waals surface area contributed by atoms with Crippen molar-refractivity contribution in [2.24, 2.45) is 5.41 Å². The van der Waals surface area contributed by atoms with Gasteiger partial charge < -0.3 is 10.1 Å². The molecule has 0 aromatic carbocycles. The molecule has 2 rings (SSSR count). The zero-order valence-corrected chi connectivity index (χ0v) is 13.6. The van der Waals surface area contributed by atoms with E-state index in [4.69, 9.17) is 4.74 Å². The van der Waals surface area contributed by atoms with Crippen molar-refractivity contribution in [1.29, 1.82) is 0 Å². The molecule has 112 valence electrons. The number of rotatable bonds is 9. The molecule has 1 aromatic heterocycles. The van der Waals surface area contributed by atoms with Crippen LogP contribution in [-0.2, 0) is 15.3 Å². The summed E-state index contributed by atoms with van der Waals surface area (Å²) < 4.78 is 4.75. The van der Waals surface area contributed by atoms with Crippen LogP contribution in [0.15, 0.2) is 0 Å². The second kappa shape index (κ2) is 7.26. The molecule has 0 aliphatic heterocycles. The number of anilines is 1. The first-order valence-corrected chi connectivity index (χ1v) is 8.85. The minimum Gasteiger partial charge on any atom is -0.469 e. The standard InChI is InChI=1S/C13H21N3O2S2/c1-3-6-14-12-16-15-10(20-12)8-19-9-13(4-5-13)7-11(17)18-2/h3-9H2,1-2H3,(H,14,16). The van der Waals surface area contributed by atoms with Crippen molar-refractivity contribution in [3.63, 3.8) is 0 Å². The molecule has 0 radical (unpaired) electrons. The Kier molecular flexibility index (Phi) is 5.65. The second-order valence-electron chi connectivity index (χ2n) is 5.17. The van der Waals surface area contributed by atoms with E-state index in [1.807, 2.05) is 11.8 Å². The van der Waals surface area contributed by atoms with Gasteiger partial charge in [0.05, 0.1) is 13.5 Å². The number of ether oxygens (including phenoxy) is 1. The summed E-state index contributed by atoms with van der Waals surface area (Å²) in [5.41, 5.74) is 0.186. The van der Waals surface area contributed by atoms with Crippen LogP contribution in [0.2, 0.25) is 0 Å². The molecule has 1 aliphatic carbocycles. The topological polar surface area (TPSA) is 64.1 Å². The fourth-order valence-corrected chi connectivity index (χ4v) is 4.10. The van der Waals surface area contributed by atoms with Gasteiger partial charge in [0.2, 0.25) is 5.13 Å². The van der Waals surface area contributed by atoms with Gasteiger partial charge in [-0.2, -0.15) is 11.8 Å². The van der Waals surface area contributed by atoms with Gasteiger partial charge in [-0.25, -0.2) is 0 Å². The van der Waals surface area contributed by atoms with Crippen molar-refractivity contribution in [3.05, 3.63) is 5.01 Å². The maximum atomic E-state index is 11.3. The Morgan fingerprint density at radius 1 is 1.50 bits per heavy atom. The lowest BCUT2D eigenvalue weighted by molar-refractivity contribution is -0.141. The third-order valence-electron chi connectivity index (χ3n) is 3.33. The lowest BCUT2D eigenvalue weighted by atomic mass is 10.1. The Morgan fingerprint density at radius 3 is 2.95 bits per heavy atom. The summed E-state index contributed by atoms with van der Waals surface area (Å²) in [5.74, 6) is 1.78. The van der Waals surface area contributed by atoms with Crippen LogP contribution in [0.1, 0.15) is 37.6 Å². The molecule has 1 aromatic rings. The number of methoxy groups -OCH3 is 1. The number of aromatic nitrogens is 2. The van der Waals surface area contributed by atoms with Crippen LogP contribution in [-0.4, -0.2) is 35.6 Å². The van der Waals surface area contributed by atoms with Gasteiger partial charge in [0.15, 0.2) is 0 Å².